The van der Waals surface area contributed by atoms with E-state index in [1.807, 2.05) is 37.3 Å². The van der Waals surface area contributed by atoms with Gasteiger partial charge in [0, 0.05) is 6.07 Å². The van der Waals surface area contributed by atoms with Gasteiger partial charge in [-0.05, 0) is 31.4 Å². The molecule has 0 fully saturated rings. The van der Waals surface area contributed by atoms with Crippen LogP contribution in [0.2, 0.25) is 0 Å². The zero-order valence-corrected chi connectivity index (χ0v) is 12.2. The fourth-order valence-electron chi connectivity index (χ4n) is 2.06. The van der Waals surface area contributed by atoms with E-state index in [1.165, 1.54) is 6.07 Å². The second-order valence-electron chi connectivity index (χ2n) is 4.72. The number of hydrogen-bond acceptors (Lipinski definition) is 4. The third-order valence-electron chi connectivity index (χ3n) is 3.11. The normalized spacial score (nSPS) is 10.4. The van der Waals surface area contributed by atoms with Gasteiger partial charge in [-0.15, -0.1) is 0 Å². The van der Waals surface area contributed by atoms with Gasteiger partial charge in [-0.1, -0.05) is 30.3 Å². The number of ether oxygens (including phenoxy) is 1. The summed E-state index contributed by atoms with van der Waals surface area (Å²) in [6.45, 7) is 3.69. The maximum atomic E-state index is 12.0. The first-order chi connectivity index (χ1) is 10.1. The van der Waals surface area contributed by atoms with E-state index in [0.717, 1.165) is 21.5 Å². The Morgan fingerprint density at radius 2 is 2.00 bits per heavy atom. The minimum atomic E-state index is -0.456. The van der Waals surface area contributed by atoms with Crippen LogP contribution in [-0.4, -0.2) is 22.4 Å². The summed E-state index contributed by atoms with van der Waals surface area (Å²) in [5.74, 6) is -0.456. The van der Waals surface area contributed by atoms with Crippen LogP contribution in [0.25, 0.3) is 0 Å². The maximum Gasteiger partial charge on any atom is 0.327 e. The summed E-state index contributed by atoms with van der Waals surface area (Å²) in [4.78, 5) is 23.4. The lowest BCUT2D eigenvalue weighted by Gasteiger charge is -2.09. The monoisotopic (exact) mass is 286 g/mol. The first-order valence-corrected chi connectivity index (χ1v) is 6.87. The quantitative estimate of drug-likeness (QED) is 0.785. The fraction of sp³-hybridized carbons (Fsp3) is 0.312. The third-order valence-corrected chi connectivity index (χ3v) is 3.11. The van der Waals surface area contributed by atoms with Crippen LogP contribution in [0.1, 0.15) is 23.7 Å². The van der Waals surface area contributed by atoms with Gasteiger partial charge in [-0.25, -0.2) is 4.68 Å². The third kappa shape index (κ3) is 4.02. The van der Waals surface area contributed by atoms with Crippen molar-refractivity contribution >= 4 is 5.97 Å². The van der Waals surface area contributed by atoms with Crippen LogP contribution < -0.4 is 5.56 Å². The number of carbonyl (C=O) groups excluding carboxylic acids is 1. The minimum absolute atomic E-state index is 0.154. The van der Waals surface area contributed by atoms with E-state index in [9.17, 15) is 9.59 Å². The SMILES string of the molecule is CCOC(=O)Cn1nc(C)c(Cc2ccccc2)cc1=O. The number of benzene rings is 1. The highest BCUT2D eigenvalue weighted by Gasteiger charge is 2.10. The van der Waals surface area contributed by atoms with E-state index in [2.05, 4.69) is 5.10 Å². The molecular formula is C16H18N2O3. The molecule has 0 atom stereocenters. The molecule has 5 nitrogen and oxygen atoms in total. The largest absolute Gasteiger partial charge is 0.465 e. The molecule has 0 bridgehead atoms. The lowest BCUT2D eigenvalue weighted by molar-refractivity contribution is -0.144. The molecule has 0 spiro atoms. The first kappa shape index (κ1) is 15.0. The lowest BCUT2D eigenvalue weighted by atomic mass is 10.0. The van der Waals surface area contributed by atoms with Gasteiger partial charge in [-0.3, -0.25) is 9.59 Å². The van der Waals surface area contributed by atoms with Crippen LogP contribution in [0.5, 0.6) is 0 Å². The fourth-order valence-corrected chi connectivity index (χ4v) is 2.06. The molecule has 0 N–H and O–H groups in total. The molecule has 0 amide bonds. The molecule has 0 unspecified atom stereocenters. The van der Waals surface area contributed by atoms with E-state index >= 15 is 0 Å². The molecule has 5 heteroatoms. The predicted molar refractivity (Wildman–Crippen MR) is 79.1 cm³/mol. The van der Waals surface area contributed by atoms with Crippen molar-refractivity contribution in [2.45, 2.75) is 26.8 Å². The number of rotatable bonds is 5. The van der Waals surface area contributed by atoms with E-state index in [-0.39, 0.29) is 12.1 Å². The van der Waals surface area contributed by atoms with Crippen molar-refractivity contribution in [1.82, 2.24) is 9.78 Å². The van der Waals surface area contributed by atoms with E-state index in [0.29, 0.717) is 13.0 Å². The number of hydrogen-bond donors (Lipinski definition) is 0. The Morgan fingerprint density at radius 3 is 2.67 bits per heavy atom. The summed E-state index contributed by atoms with van der Waals surface area (Å²) < 4.78 is 5.97. The molecule has 1 aromatic carbocycles. The molecule has 1 heterocycles. The zero-order chi connectivity index (χ0) is 15.2. The van der Waals surface area contributed by atoms with Crippen LogP contribution in [0.4, 0.5) is 0 Å². The Balaban J connectivity index is 2.21. The molecule has 0 aliphatic heterocycles. The van der Waals surface area contributed by atoms with Crippen molar-refractivity contribution in [1.29, 1.82) is 0 Å². The summed E-state index contributed by atoms with van der Waals surface area (Å²) in [6, 6.07) is 11.4. The second-order valence-corrected chi connectivity index (χ2v) is 4.72. The van der Waals surface area contributed by atoms with Gasteiger partial charge < -0.3 is 4.74 Å². The van der Waals surface area contributed by atoms with Crippen molar-refractivity contribution < 1.29 is 9.53 Å². The van der Waals surface area contributed by atoms with Crippen LogP contribution in [-0.2, 0) is 22.5 Å². The minimum Gasteiger partial charge on any atom is -0.465 e. The van der Waals surface area contributed by atoms with Crippen molar-refractivity contribution in [3.8, 4) is 0 Å². The molecule has 21 heavy (non-hydrogen) atoms. The number of esters is 1. The molecule has 0 saturated heterocycles. The number of aromatic nitrogens is 2. The molecule has 0 radical (unpaired) electrons. The van der Waals surface area contributed by atoms with Gasteiger partial charge >= 0.3 is 5.97 Å². The Hall–Kier alpha value is -2.43. The standard InChI is InChI=1S/C16H18N2O3/c1-3-21-16(20)11-18-15(19)10-14(12(2)17-18)9-13-7-5-4-6-8-13/h4-8,10H,3,9,11H2,1-2H3. The van der Waals surface area contributed by atoms with Crippen molar-refractivity contribution in [3.63, 3.8) is 0 Å². The van der Waals surface area contributed by atoms with E-state index in [1.54, 1.807) is 6.92 Å². The Morgan fingerprint density at radius 1 is 1.29 bits per heavy atom. The smallest absolute Gasteiger partial charge is 0.327 e. The highest BCUT2D eigenvalue weighted by Crippen LogP contribution is 2.09. The highest BCUT2D eigenvalue weighted by molar-refractivity contribution is 5.68. The number of carbonyl (C=O) groups is 1. The van der Waals surface area contributed by atoms with E-state index in [4.69, 9.17) is 4.74 Å². The highest BCUT2D eigenvalue weighted by atomic mass is 16.5. The second kappa shape index (κ2) is 6.83. The van der Waals surface area contributed by atoms with Crippen molar-refractivity contribution in [2.24, 2.45) is 0 Å². The molecule has 2 aromatic rings. The average molecular weight is 286 g/mol. The lowest BCUT2D eigenvalue weighted by Crippen LogP contribution is -2.28. The summed E-state index contributed by atoms with van der Waals surface area (Å²) in [6.07, 6.45) is 0.648. The van der Waals surface area contributed by atoms with Crippen LogP contribution >= 0.6 is 0 Å². The molecule has 2 rings (SSSR count). The summed E-state index contributed by atoms with van der Waals surface area (Å²) >= 11 is 0. The van der Waals surface area contributed by atoms with Gasteiger partial charge in [0.1, 0.15) is 6.54 Å². The molecule has 1 aromatic heterocycles. The summed E-state index contributed by atoms with van der Waals surface area (Å²) in [5.41, 5.74) is 2.43. The number of nitrogens with zero attached hydrogens (tertiary/aromatic N) is 2. The number of aryl methyl sites for hydroxylation is 1. The van der Waals surface area contributed by atoms with Gasteiger partial charge in [0.2, 0.25) is 0 Å². The molecule has 0 aliphatic carbocycles. The van der Waals surface area contributed by atoms with Crippen LogP contribution in [0, 0.1) is 6.92 Å². The Labute approximate surface area is 123 Å². The van der Waals surface area contributed by atoms with Crippen molar-refractivity contribution in [3.05, 3.63) is 63.6 Å². The molecule has 0 saturated carbocycles. The predicted octanol–water partition coefficient (Wildman–Crippen LogP) is 1.71. The van der Waals surface area contributed by atoms with Gasteiger partial charge in [0.25, 0.3) is 5.56 Å². The Kier molecular flexibility index (Phi) is 4.87. The zero-order valence-electron chi connectivity index (χ0n) is 12.2. The van der Waals surface area contributed by atoms with Gasteiger partial charge in [0.15, 0.2) is 0 Å². The Bertz CT molecular complexity index is 678. The maximum absolute atomic E-state index is 12.0. The molecular weight excluding hydrogens is 268 g/mol. The molecule has 110 valence electrons. The van der Waals surface area contributed by atoms with Crippen molar-refractivity contribution in [2.75, 3.05) is 6.61 Å². The topological polar surface area (TPSA) is 61.2 Å². The van der Waals surface area contributed by atoms with Gasteiger partial charge in [0.05, 0.1) is 12.3 Å². The summed E-state index contributed by atoms with van der Waals surface area (Å²) in [5, 5.41) is 4.19. The molecule has 0 aliphatic rings. The first-order valence-electron chi connectivity index (χ1n) is 6.87. The summed E-state index contributed by atoms with van der Waals surface area (Å²) in [7, 11) is 0. The average Bonchev–Trinajstić information content (AvgIpc) is 2.45. The van der Waals surface area contributed by atoms with E-state index < -0.39 is 5.97 Å². The van der Waals surface area contributed by atoms with Crippen LogP contribution in [0.15, 0.2) is 41.2 Å². The van der Waals surface area contributed by atoms with Gasteiger partial charge in [-0.2, -0.15) is 5.10 Å². The van der Waals surface area contributed by atoms with Crippen LogP contribution in [0.3, 0.4) is 0 Å².